The van der Waals surface area contributed by atoms with Crippen LogP contribution in [0.3, 0.4) is 0 Å². The Labute approximate surface area is 101 Å². The molecule has 0 aromatic heterocycles. The summed E-state index contributed by atoms with van der Waals surface area (Å²) in [6, 6.07) is 3.16. The van der Waals surface area contributed by atoms with Crippen molar-refractivity contribution < 1.29 is 14.6 Å². The molecule has 1 rings (SSSR count). The van der Waals surface area contributed by atoms with E-state index >= 15 is 0 Å². The molecule has 2 unspecified atom stereocenters. The van der Waals surface area contributed by atoms with Gasteiger partial charge in [0.1, 0.15) is 5.75 Å². The van der Waals surface area contributed by atoms with Gasteiger partial charge in [0.2, 0.25) is 0 Å². The van der Waals surface area contributed by atoms with Gasteiger partial charge in [0.25, 0.3) is 0 Å². The Morgan fingerprint density at radius 2 is 1.94 bits per heavy atom. The van der Waals surface area contributed by atoms with Crippen LogP contribution in [0.5, 0.6) is 5.75 Å². The van der Waals surface area contributed by atoms with Crippen molar-refractivity contribution in [2.24, 2.45) is 11.7 Å². The molecule has 0 spiro atoms. The van der Waals surface area contributed by atoms with Gasteiger partial charge in [0.05, 0.1) is 13.0 Å². The normalized spacial score (nSPS) is 14.2. The molecule has 0 aliphatic heterocycles. The number of hydrogen-bond acceptors (Lipinski definition) is 3. The zero-order valence-electron chi connectivity index (χ0n) is 10.7. The number of benzene rings is 1. The van der Waals surface area contributed by atoms with Crippen molar-refractivity contribution in [1.29, 1.82) is 0 Å². The standard InChI is InChI=1S/C13H19NO3/c1-7-8(2)11(17-4)6-5-10(7)12(14)9(3)13(15)16/h5-6,9,12H,14H2,1-4H3,(H,15,16). The molecule has 0 bridgehead atoms. The van der Waals surface area contributed by atoms with Crippen molar-refractivity contribution in [1.82, 2.24) is 0 Å². The lowest BCUT2D eigenvalue weighted by atomic mass is 9.90. The highest BCUT2D eigenvalue weighted by molar-refractivity contribution is 5.71. The molecule has 1 aromatic rings. The molecule has 0 fully saturated rings. The number of rotatable bonds is 4. The van der Waals surface area contributed by atoms with Gasteiger partial charge in [-0.15, -0.1) is 0 Å². The Balaban J connectivity index is 3.16. The summed E-state index contributed by atoms with van der Waals surface area (Å²) in [6.07, 6.45) is 0. The van der Waals surface area contributed by atoms with E-state index in [4.69, 9.17) is 15.6 Å². The van der Waals surface area contributed by atoms with Crippen LogP contribution in [-0.4, -0.2) is 18.2 Å². The van der Waals surface area contributed by atoms with Crippen LogP contribution in [0.25, 0.3) is 0 Å². The highest BCUT2D eigenvalue weighted by Crippen LogP contribution is 2.29. The smallest absolute Gasteiger partial charge is 0.308 e. The third-order valence-corrected chi connectivity index (χ3v) is 3.29. The Hall–Kier alpha value is -1.55. The molecular weight excluding hydrogens is 218 g/mol. The molecule has 0 amide bonds. The van der Waals surface area contributed by atoms with E-state index in [1.165, 1.54) is 0 Å². The molecule has 0 saturated heterocycles. The van der Waals surface area contributed by atoms with Gasteiger partial charge in [-0.2, -0.15) is 0 Å². The first-order valence-corrected chi connectivity index (χ1v) is 5.52. The van der Waals surface area contributed by atoms with Crippen molar-refractivity contribution in [3.8, 4) is 5.75 Å². The van der Waals surface area contributed by atoms with Gasteiger partial charge in [-0.25, -0.2) is 0 Å². The second kappa shape index (κ2) is 5.19. The molecule has 0 heterocycles. The number of nitrogens with two attached hydrogens (primary N) is 1. The maximum atomic E-state index is 10.9. The first-order chi connectivity index (χ1) is 7.90. The molecule has 17 heavy (non-hydrogen) atoms. The SMILES string of the molecule is COc1ccc(C(N)C(C)C(=O)O)c(C)c1C. The molecule has 0 aliphatic rings. The highest BCUT2D eigenvalue weighted by Gasteiger charge is 2.23. The van der Waals surface area contributed by atoms with E-state index < -0.39 is 17.9 Å². The quantitative estimate of drug-likeness (QED) is 0.840. The Morgan fingerprint density at radius 1 is 1.35 bits per heavy atom. The lowest BCUT2D eigenvalue weighted by Crippen LogP contribution is -2.26. The number of carboxylic acid groups (broad SMARTS) is 1. The third kappa shape index (κ3) is 2.58. The number of carbonyl (C=O) groups is 1. The van der Waals surface area contributed by atoms with Crippen molar-refractivity contribution in [3.05, 3.63) is 28.8 Å². The van der Waals surface area contributed by atoms with Crippen LogP contribution >= 0.6 is 0 Å². The lowest BCUT2D eigenvalue weighted by Gasteiger charge is -2.20. The predicted molar refractivity (Wildman–Crippen MR) is 66.2 cm³/mol. The highest BCUT2D eigenvalue weighted by atomic mass is 16.5. The Kier molecular flexibility index (Phi) is 4.12. The van der Waals surface area contributed by atoms with E-state index in [0.717, 1.165) is 22.4 Å². The van der Waals surface area contributed by atoms with Gasteiger partial charge in [-0.05, 0) is 36.6 Å². The molecule has 94 valence electrons. The molecular formula is C13H19NO3. The van der Waals surface area contributed by atoms with Crippen LogP contribution in [0, 0.1) is 19.8 Å². The molecule has 1 aromatic carbocycles. The minimum atomic E-state index is -0.884. The minimum Gasteiger partial charge on any atom is -0.496 e. The summed E-state index contributed by atoms with van der Waals surface area (Å²) in [5.74, 6) is -0.701. The summed E-state index contributed by atoms with van der Waals surface area (Å²) in [4.78, 5) is 10.9. The number of hydrogen-bond donors (Lipinski definition) is 2. The summed E-state index contributed by atoms with van der Waals surface area (Å²) in [5.41, 5.74) is 8.83. The third-order valence-electron chi connectivity index (χ3n) is 3.29. The lowest BCUT2D eigenvalue weighted by molar-refractivity contribution is -0.141. The van der Waals surface area contributed by atoms with Crippen LogP contribution in [0.4, 0.5) is 0 Å². The van der Waals surface area contributed by atoms with Gasteiger partial charge in [-0.1, -0.05) is 13.0 Å². The maximum Gasteiger partial charge on any atom is 0.308 e. The van der Waals surface area contributed by atoms with Crippen molar-refractivity contribution in [2.45, 2.75) is 26.8 Å². The van der Waals surface area contributed by atoms with Crippen LogP contribution < -0.4 is 10.5 Å². The van der Waals surface area contributed by atoms with E-state index in [0.29, 0.717) is 0 Å². The minimum absolute atomic E-state index is 0.503. The monoisotopic (exact) mass is 237 g/mol. The number of methoxy groups -OCH3 is 1. The van der Waals surface area contributed by atoms with Gasteiger partial charge >= 0.3 is 5.97 Å². The second-order valence-corrected chi connectivity index (χ2v) is 4.26. The van der Waals surface area contributed by atoms with Gasteiger partial charge in [0, 0.05) is 6.04 Å². The van der Waals surface area contributed by atoms with E-state index in [2.05, 4.69) is 0 Å². The first kappa shape index (κ1) is 13.5. The largest absolute Gasteiger partial charge is 0.496 e. The van der Waals surface area contributed by atoms with Crippen LogP contribution in [0.15, 0.2) is 12.1 Å². The molecule has 0 aliphatic carbocycles. The fourth-order valence-corrected chi connectivity index (χ4v) is 1.82. The van der Waals surface area contributed by atoms with Crippen LogP contribution in [0.2, 0.25) is 0 Å². The summed E-state index contributed by atoms with van der Waals surface area (Å²) >= 11 is 0. The van der Waals surface area contributed by atoms with Gasteiger partial charge < -0.3 is 15.6 Å². The fourth-order valence-electron chi connectivity index (χ4n) is 1.82. The van der Waals surface area contributed by atoms with Crippen LogP contribution in [-0.2, 0) is 4.79 Å². The average molecular weight is 237 g/mol. The van der Waals surface area contributed by atoms with E-state index in [-0.39, 0.29) is 0 Å². The molecule has 0 radical (unpaired) electrons. The summed E-state index contributed by atoms with van der Waals surface area (Å²) in [7, 11) is 1.61. The Morgan fingerprint density at radius 3 is 2.41 bits per heavy atom. The summed E-state index contributed by atoms with van der Waals surface area (Å²) < 4.78 is 5.21. The van der Waals surface area contributed by atoms with E-state index in [1.807, 2.05) is 26.0 Å². The number of ether oxygens (including phenoxy) is 1. The molecule has 4 nitrogen and oxygen atoms in total. The Bertz CT molecular complexity index is 429. The molecule has 3 N–H and O–H groups in total. The molecule has 2 atom stereocenters. The maximum absolute atomic E-state index is 10.9. The topological polar surface area (TPSA) is 72.5 Å². The second-order valence-electron chi connectivity index (χ2n) is 4.26. The zero-order valence-corrected chi connectivity index (χ0v) is 10.7. The first-order valence-electron chi connectivity index (χ1n) is 5.52. The zero-order chi connectivity index (χ0) is 13.2. The number of aliphatic carboxylic acids is 1. The van der Waals surface area contributed by atoms with E-state index in [9.17, 15) is 4.79 Å². The van der Waals surface area contributed by atoms with Crippen LogP contribution in [0.1, 0.15) is 29.7 Å². The summed E-state index contributed by atoms with van der Waals surface area (Å²) in [5, 5.41) is 8.97. The van der Waals surface area contributed by atoms with E-state index in [1.54, 1.807) is 14.0 Å². The van der Waals surface area contributed by atoms with Gasteiger partial charge in [-0.3, -0.25) is 4.79 Å². The van der Waals surface area contributed by atoms with Crippen molar-refractivity contribution in [3.63, 3.8) is 0 Å². The fraction of sp³-hybridized carbons (Fsp3) is 0.462. The summed E-state index contributed by atoms with van der Waals surface area (Å²) in [6.45, 7) is 5.49. The number of carboxylic acids is 1. The van der Waals surface area contributed by atoms with Crippen molar-refractivity contribution in [2.75, 3.05) is 7.11 Å². The predicted octanol–water partition coefficient (Wildman–Crippen LogP) is 2.03. The molecule has 4 heteroatoms. The average Bonchev–Trinajstić information content (AvgIpc) is 2.30. The van der Waals surface area contributed by atoms with Crippen molar-refractivity contribution >= 4 is 5.97 Å². The molecule has 0 saturated carbocycles. The van der Waals surface area contributed by atoms with Gasteiger partial charge in [0.15, 0.2) is 0 Å².